The molecular weight excluding hydrogens is 223 g/mol. The average molecular weight is 235 g/mol. The van der Waals surface area contributed by atoms with Crippen molar-refractivity contribution < 1.29 is 0 Å². The Balaban J connectivity index is 2.79. The zero-order valence-electron chi connectivity index (χ0n) is 7.96. The van der Waals surface area contributed by atoms with Gasteiger partial charge in [-0.2, -0.15) is 0 Å². The van der Waals surface area contributed by atoms with Crippen molar-refractivity contribution in [2.24, 2.45) is 0 Å². The van der Waals surface area contributed by atoms with Crippen LogP contribution in [0.3, 0.4) is 0 Å². The number of hydrogen-bond acceptors (Lipinski definition) is 2. The van der Waals surface area contributed by atoms with E-state index in [-0.39, 0.29) is 15.7 Å². The van der Waals surface area contributed by atoms with E-state index in [1.165, 1.54) is 10.9 Å². The van der Waals surface area contributed by atoms with Gasteiger partial charge in [-0.3, -0.25) is 9.36 Å². The quantitative estimate of drug-likeness (QED) is 0.594. The maximum Gasteiger partial charge on any atom is 0.273 e. The zero-order chi connectivity index (χ0) is 10.6. The number of rotatable bonds is 4. The first-order valence-electron chi connectivity index (χ1n) is 4.57. The number of nitrogens with zero attached hydrogens (tertiary/aromatic N) is 2. The van der Waals surface area contributed by atoms with Crippen molar-refractivity contribution in [3.05, 3.63) is 26.9 Å². The lowest BCUT2D eigenvalue weighted by atomic mass is 10.2. The first kappa shape index (κ1) is 11.5. The van der Waals surface area contributed by atoms with E-state index in [1.807, 2.05) is 0 Å². The van der Waals surface area contributed by atoms with E-state index in [2.05, 4.69) is 11.9 Å². The van der Waals surface area contributed by atoms with Gasteiger partial charge in [0.2, 0.25) is 0 Å². The van der Waals surface area contributed by atoms with E-state index in [0.29, 0.717) is 6.54 Å². The van der Waals surface area contributed by atoms with Crippen molar-refractivity contribution in [3.63, 3.8) is 0 Å². The molecule has 0 saturated carbocycles. The minimum Gasteiger partial charge on any atom is -0.298 e. The Bertz CT molecular complexity index is 362. The number of aryl methyl sites for hydroxylation is 1. The van der Waals surface area contributed by atoms with Gasteiger partial charge in [0.25, 0.3) is 5.56 Å². The Morgan fingerprint density at radius 1 is 1.43 bits per heavy atom. The summed E-state index contributed by atoms with van der Waals surface area (Å²) in [5.41, 5.74) is -0.261. The third kappa shape index (κ3) is 2.72. The fraction of sp³-hybridized carbons (Fsp3) is 0.556. The van der Waals surface area contributed by atoms with Gasteiger partial charge >= 0.3 is 0 Å². The Hall–Kier alpha value is -0.540. The largest absolute Gasteiger partial charge is 0.298 e. The Morgan fingerprint density at radius 2 is 2.14 bits per heavy atom. The van der Waals surface area contributed by atoms with Crippen molar-refractivity contribution in [1.29, 1.82) is 0 Å². The molecule has 0 aromatic carbocycles. The van der Waals surface area contributed by atoms with Crippen LogP contribution in [0, 0.1) is 0 Å². The van der Waals surface area contributed by atoms with Crippen LogP contribution in [0.1, 0.15) is 26.2 Å². The predicted molar refractivity (Wildman–Crippen MR) is 58.0 cm³/mol. The molecule has 1 heterocycles. The molecular formula is C9H12Cl2N2O. The summed E-state index contributed by atoms with van der Waals surface area (Å²) in [6.07, 6.45) is 4.60. The van der Waals surface area contributed by atoms with Gasteiger partial charge in [0.1, 0.15) is 5.02 Å². The van der Waals surface area contributed by atoms with Crippen molar-refractivity contribution in [3.8, 4) is 0 Å². The van der Waals surface area contributed by atoms with E-state index in [1.54, 1.807) is 0 Å². The molecule has 1 rings (SSSR count). The van der Waals surface area contributed by atoms with Crippen LogP contribution in [0.15, 0.2) is 11.1 Å². The number of unbranched alkanes of at least 4 members (excludes halogenated alkanes) is 2. The molecule has 5 heteroatoms. The lowest BCUT2D eigenvalue weighted by Gasteiger charge is -2.04. The SMILES string of the molecule is CCCCCn1cnc(Cl)c(Cl)c1=O. The third-order valence-corrected chi connectivity index (χ3v) is 2.67. The predicted octanol–water partition coefficient (Wildman–Crippen LogP) is 2.74. The smallest absolute Gasteiger partial charge is 0.273 e. The maximum atomic E-state index is 11.5. The van der Waals surface area contributed by atoms with Crippen molar-refractivity contribution >= 4 is 23.2 Å². The second-order valence-corrected chi connectivity index (χ2v) is 3.79. The van der Waals surface area contributed by atoms with Gasteiger partial charge in [-0.1, -0.05) is 43.0 Å². The van der Waals surface area contributed by atoms with Crippen molar-refractivity contribution in [2.75, 3.05) is 0 Å². The second kappa shape index (κ2) is 5.37. The second-order valence-electron chi connectivity index (χ2n) is 3.06. The maximum absolute atomic E-state index is 11.5. The van der Waals surface area contributed by atoms with Gasteiger partial charge in [0.15, 0.2) is 5.15 Å². The van der Waals surface area contributed by atoms with Gasteiger partial charge in [0, 0.05) is 6.54 Å². The Labute approximate surface area is 92.7 Å². The minimum absolute atomic E-state index is 0.00525. The van der Waals surface area contributed by atoms with Crippen LogP contribution in [0.2, 0.25) is 10.2 Å². The highest BCUT2D eigenvalue weighted by atomic mass is 35.5. The molecule has 0 unspecified atom stereocenters. The van der Waals surface area contributed by atoms with Crippen LogP contribution in [0.25, 0.3) is 0 Å². The summed E-state index contributed by atoms with van der Waals surface area (Å²) in [6.45, 7) is 2.76. The molecule has 0 amide bonds. The summed E-state index contributed by atoms with van der Waals surface area (Å²) in [5.74, 6) is 0. The monoisotopic (exact) mass is 234 g/mol. The topological polar surface area (TPSA) is 34.9 Å². The molecule has 0 fully saturated rings. The van der Waals surface area contributed by atoms with Crippen molar-refractivity contribution in [1.82, 2.24) is 9.55 Å². The molecule has 0 saturated heterocycles. The lowest BCUT2D eigenvalue weighted by Crippen LogP contribution is -2.21. The zero-order valence-corrected chi connectivity index (χ0v) is 9.48. The molecule has 0 radical (unpaired) electrons. The molecule has 0 N–H and O–H groups in total. The molecule has 1 aromatic heterocycles. The van der Waals surface area contributed by atoms with Crippen LogP contribution in [0.5, 0.6) is 0 Å². The summed E-state index contributed by atoms with van der Waals surface area (Å²) in [5, 5.41) is 0.0778. The molecule has 0 atom stereocenters. The normalized spacial score (nSPS) is 10.5. The molecule has 0 aliphatic carbocycles. The fourth-order valence-electron chi connectivity index (χ4n) is 1.14. The van der Waals surface area contributed by atoms with Gasteiger partial charge in [-0.05, 0) is 6.42 Å². The number of aromatic nitrogens is 2. The standard InChI is InChI=1S/C9H12Cl2N2O/c1-2-3-4-5-13-6-12-8(11)7(10)9(13)14/h6H,2-5H2,1H3. The van der Waals surface area contributed by atoms with E-state index >= 15 is 0 Å². The molecule has 14 heavy (non-hydrogen) atoms. The van der Waals surface area contributed by atoms with Gasteiger partial charge < -0.3 is 0 Å². The van der Waals surface area contributed by atoms with Crippen LogP contribution in [0.4, 0.5) is 0 Å². The summed E-state index contributed by atoms with van der Waals surface area (Å²) < 4.78 is 1.49. The lowest BCUT2D eigenvalue weighted by molar-refractivity contribution is 0.580. The van der Waals surface area contributed by atoms with E-state index in [0.717, 1.165) is 19.3 Å². The van der Waals surface area contributed by atoms with E-state index < -0.39 is 0 Å². The summed E-state index contributed by atoms with van der Waals surface area (Å²) in [4.78, 5) is 15.3. The summed E-state index contributed by atoms with van der Waals surface area (Å²) in [7, 11) is 0. The average Bonchev–Trinajstić information content (AvgIpc) is 2.18. The molecule has 1 aromatic rings. The molecule has 3 nitrogen and oxygen atoms in total. The molecule has 78 valence electrons. The first-order valence-corrected chi connectivity index (χ1v) is 5.32. The molecule has 0 spiro atoms. The number of halogens is 2. The van der Waals surface area contributed by atoms with E-state index in [4.69, 9.17) is 23.2 Å². The van der Waals surface area contributed by atoms with Crippen LogP contribution >= 0.6 is 23.2 Å². The van der Waals surface area contributed by atoms with Crippen LogP contribution in [-0.4, -0.2) is 9.55 Å². The highest BCUT2D eigenvalue weighted by molar-refractivity contribution is 6.40. The van der Waals surface area contributed by atoms with Crippen molar-refractivity contribution in [2.45, 2.75) is 32.7 Å². The molecule has 0 bridgehead atoms. The summed E-state index contributed by atoms with van der Waals surface area (Å²) >= 11 is 11.3. The first-order chi connectivity index (χ1) is 6.66. The van der Waals surface area contributed by atoms with Gasteiger partial charge in [-0.15, -0.1) is 0 Å². The molecule has 0 aliphatic heterocycles. The molecule has 0 aliphatic rings. The minimum atomic E-state index is -0.261. The fourth-order valence-corrected chi connectivity index (χ4v) is 1.42. The Morgan fingerprint density at radius 3 is 2.79 bits per heavy atom. The van der Waals surface area contributed by atoms with Gasteiger partial charge in [-0.25, -0.2) is 4.98 Å². The Kier molecular flexibility index (Phi) is 4.42. The highest BCUT2D eigenvalue weighted by Crippen LogP contribution is 2.12. The van der Waals surface area contributed by atoms with Gasteiger partial charge in [0.05, 0.1) is 6.33 Å². The summed E-state index contributed by atoms with van der Waals surface area (Å²) in [6, 6.07) is 0. The van der Waals surface area contributed by atoms with Crippen LogP contribution < -0.4 is 5.56 Å². The third-order valence-electron chi connectivity index (χ3n) is 1.94. The van der Waals surface area contributed by atoms with Crippen LogP contribution in [-0.2, 0) is 6.54 Å². The number of hydrogen-bond donors (Lipinski definition) is 0. The van der Waals surface area contributed by atoms with E-state index in [9.17, 15) is 4.79 Å². The highest BCUT2D eigenvalue weighted by Gasteiger charge is 2.06.